The molecule has 0 saturated heterocycles. The van der Waals surface area contributed by atoms with Crippen LogP contribution in [0.25, 0.3) is 11.1 Å². The van der Waals surface area contributed by atoms with Crippen LogP contribution >= 0.6 is 0 Å². The van der Waals surface area contributed by atoms with Gasteiger partial charge >= 0.3 is 6.09 Å². The average Bonchev–Trinajstić information content (AvgIpc) is 3.37. The molecule has 0 radical (unpaired) electrons. The summed E-state index contributed by atoms with van der Waals surface area (Å²) in [5.41, 5.74) is 5.25. The molecule has 46 heavy (non-hydrogen) atoms. The molecule has 10 nitrogen and oxygen atoms in total. The van der Waals surface area contributed by atoms with E-state index in [0.717, 1.165) is 27.8 Å². The Morgan fingerprint density at radius 2 is 1.28 bits per heavy atom. The topological polar surface area (TPSA) is 146 Å². The van der Waals surface area contributed by atoms with Crippen LogP contribution in [0.3, 0.4) is 0 Å². The van der Waals surface area contributed by atoms with Gasteiger partial charge in [-0.15, -0.1) is 0 Å². The van der Waals surface area contributed by atoms with Crippen LogP contribution in [0.4, 0.5) is 4.79 Å². The van der Waals surface area contributed by atoms with E-state index >= 15 is 0 Å². The molecule has 0 spiro atoms. The van der Waals surface area contributed by atoms with E-state index in [1.54, 1.807) is 13.8 Å². The molecule has 0 fully saturated rings. The van der Waals surface area contributed by atoms with E-state index in [-0.39, 0.29) is 30.3 Å². The zero-order chi connectivity index (χ0) is 33.2. The molecule has 0 saturated carbocycles. The number of hydrogen-bond acceptors (Lipinski definition) is 6. The minimum absolute atomic E-state index is 0.0809. The Bertz CT molecular complexity index is 1460. The number of carbonyl (C=O) groups is 4. The van der Waals surface area contributed by atoms with Gasteiger partial charge in [0.2, 0.25) is 17.7 Å². The smallest absolute Gasteiger partial charge is 0.407 e. The first-order valence-corrected chi connectivity index (χ1v) is 15.7. The lowest BCUT2D eigenvalue weighted by Crippen LogP contribution is -2.58. The molecule has 4 rings (SSSR count). The summed E-state index contributed by atoms with van der Waals surface area (Å²) in [6, 6.07) is 22.1. The van der Waals surface area contributed by atoms with E-state index in [1.807, 2.05) is 92.7 Å². The fraction of sp³-hybridized carbons (Fsp3) is 0.389. The van der Waals surface area contributed by atoms with E-state index in [9.17, 15) is 24.3 Å². The molecule has 244 valence electrons. The van der Waals surface area contributed by atoms with Gasteiger partial charge in [-0.1, -0.05) is 107 Å². The van der Waals surface area contributed by atoms with E-state index < -0.39 is 42.6 Å². The number of ether oxygens (including phenoxy) is 1. The van der Waals surface area contributed by atoms with Crippen molar-refractivity contribution in [2.75, 3.05) is 13.2 Å². The molecule has 0 aromatic heterocycles. The molecule has 5 N–H and O–H groups in total. The molecule has 0 heterocycles. The summed E-state index contributed by atoms with van der Waals surface area (Å²) >= 11 is 0. The van der Waals surface area contributed by atoms with Crippen LogP contribution in [0.1, 0.15) is 56.7 Å². The summed E-state index contributed by atoms with van der Waals surface area (Å²) < 4.78 is 5.62. The number of benzene rings is 3. The summed E-state index contributed by atoms with van der Waals surface area (Å²) in [5, 5.41) is 20.7. The normalized spacial score (nSPS) is 14.1. The number of nitrogens with one attached hydrogen (secondary N) is 4. The number of fused-ring (bicyclic) bond motifs is 3. The van der Waals surface area contributed by atoms with Gasteiger partial charge in [0.15, 0.2) is 0 Å². The summed E-state index contributed by atoms with van der Waals surface area (Å²) in [5.74, 6) is -2.16. The number of aliphatic hydroxyl groups is 1. The van der Waals surface area contributed by atoms with Crippen molar-refractivity contribution in [2.45, 2.75) is 64.7 Å². The fourth-order valence-corrected chi connectivity index (χ4v) is 5.64. The molecule has 3 atom stereocenters. The Balaban J connectivity index is 1.34. The molecular weight excluding hydrogens is 584 g/mol. The third kappa shape index (κ3) is 8.72. The maximum absolute atomic E-state index is 13.3. The Kier molecular flexibility index (Phi) is 11.9. The number of amides is 4. The highest BCUT2D eigenvalue weighted by atomic mass is 16.5. The van der Waals surface area contributed by atoms with Crippen LogP contribution in [0.5, 0.6) is 0 Å². The first kappa shape index (κ1) is 34.2. The van der Waals surface area contributed by atoms with Gasteiger partial charge in [0.1, 0.15) is 24.7 Å². The van der Waals surface area contributed by atoms with Crippen LogP contribution < -0.4 is 21.3 Å². The molecule has 0 unspecified atom stereocenters. The first-order valence-electron chi connectivity index (χ1n) is 15.7. The summed E-state index contributed by atoms with van der Waals surface area (Å²) in [4.78, 5) is 52.4. The van der Waals surface area contributed by atoms with Crippen LogP contribution in [0, 0.1) is 11.8 Å². The molecule has 1 aliphatic carbocycles. The molecule has 10 heteroatoms. The maximum Gasteiger partial charge on any atom is 0.407 e. The van der Waals surface area contributed by atoms with Crippen LogP contribution in [0.2, 0.25) is 0 Å². The zero-order valence-electron chi connectivity index (χ0n) is 26.8. The van der Waals surface area contributed by atoms with Crippen molar-refractivity contribution >= 4 is 23.8 Å². The number of rotatable bonds is 14. The average molecular weight is 629 g/mol. The monoisotopic (exact) mass is 628 g/mol. The van der Waals surface area contributed by atoms with Gasteiger partial charge in [0, 0.05) is 12.5 Å². The number of carbonyl (C=O) groups excluding carboxylic acids is 4. The summed E-state index contributed by atoms with van der Waals surface area (Å²) in [6.07, 6.45) is -0.413. The van der Waals surface area contributed by atoms with Crippen molar-refractivity contribution in [2.24, 2.45) is 11.8 Å². The van der Waals surface area contributed by atoms with Gasteiger partial charge in [-0.3, -0.25) is 14.4 Å². The van der Waals surface area contributed by atoms with Crippen LogP contribution in [-0.2, 0) is 25.7 Å². The van der Waals surface area contributed by atoms with Gasteiger partial charge < -0.3 is 31.1 Å². The highest BCUT2D eigenvalue weighted by Crippen LogP contribution is 2.44. The van der Waals surface area contributed by atoms with E-state index in [4.69, 9.17) is 4.74 Å². The standard InChI is InChI=1S/C36H44N4O6/c1-22(2)18-30(33(42)37-19-24-12-6-5-7-13-24)38-34(43)31(20-41)39-35(44)32(23(3)4)40-36(45)46-21-29-27-16-10-8-14-25(27)26-15-9-11-17-28(26)29/h5-17,22-23,29-32,41H,18-21H2,1-4H3,(H,37,42)(H,38,43)(H,39,44)(H,40,45)/t30-,31-,32-/m0/s1. The van der Waals surface area contributed by atoms with Crippen molar-refractivity contribution < 1.29 is 29.0 Å². The molecule has 0 aliphatic heterocycles. The minimum atomic E-state index is -1.34. The lowest BCUT2D eigenvalue weighted by molar-refractivity contribution is -0.134. The largest absolute Gasteiger partial charge is 0.449 e. The van der Waals surface area contributed by atoms with E-state index in [1.165, 1.54) is 0 Å². The molecular formula is C36H44N4O6. The molecule has 3 aromatic carbocycles. The second-order valence-electron chi connectivity index (χ2n) is 12.3. The zero-order valence-corrected chi connectivity index (χ0v) is 26.8. The number of hydrogen-bond donors (Lipinski definition) is 5. The van der Waals surface area contributed by atoms with Crippen molar-refractivity contribution in [1.82, 2.24) is 21.3 Å². The summed E-state index contributed by atoms with van der Waals surface area (Å²) in [6.45, 7) is 7.02. The number of aliphatic hydroxyl groups excluding tert-OH is 1. The van der Waals surface area contributed by atoms with Crippen LogP contribution in [-0.4, -0.2) is 60.3 Å². The molecule has 4 amide bonds. The van der Waals surface area contributed by atoms with Crippen molar-refractivity contribution in [1.29, 1.82) is 0 Å². The highest BCUT2D eigenvalue weighted by Gasteiger charge is 2.33. The fourth-order valence-electron chi connectivity index (χ4n) is 5.64. The Labute approximate surface area is 270 Å². The predicted octanol–water partition coefficient (Wildman–Crippen LogP) is 3.87. The summed E-state index contributed by atoms with van der Waals surface area (Å²) in [7, 11) is 0. The third-order valence-electron chi connectivity index (χ3n) is 8.03. The van der Waals surface area contributed by atoms with Gasteiger partial charge in [0.25, 0.3) is 0 Å². The lowest BCUT2D eigenvalue weighted by Gasteiger charge is -2.26. The minimum Gasteiger partial charge on any atom is -0.449 e. The lowest BCUT2D eigenvalue weighted by atomic mass is 9.98. The van der Waals surface area contributed by atoms with Gasteiger partial charge in [-0.25, -0.2) is 4.79 Å². The van der Waals surface area contributed by atoms with E-state index in [0.29, 0.717) is 13.0 Å². The molecule has 1 aliphatic rings. The van der Waals surface area contributed by atoms with Crippen molar-refractivity contribution in [3.05, 3.63) is 95.6 Å². The molecule has 3 aromatic rings. The van der Waals surface area contributed by atoms with Crippen LogP contribution in [0.15, 0.2) is 78.9 Å². The highest BCUT2D eigenvalue weighted by molar-refractivity contribution is 5.94. The van der Waals surface area contributed by atoms with Gasteiger partial charge in [-0.05, 0) is 46.1 Å². The third-order valence-corrected chi connectivity index (χ3v) is 8.03. The Morgan fingerprint density at radius 1 is 0.717 bits per heavy atom. The maximum atomic E-state index is 13.3. The van der Waals surface area contributed by atoms with E-state index in [2.05, 4.69) is 21.3 Å². The Hall–Kier alpha value is -4.70. The van der Waals surface area contributed by atoms with Crippen molar-refractivity contribution in [3.63, 3.8) is 0 Å². The Morgan fingerprint density at radius 3 is 1.85 bits per heavy atom. The van der Waals surface area contributed by atoms with Gasteiger partial charge in [-0.2, -0.15) is 0 Å². The predicted molar refractivity (Wildman–Crippen MR) is 176 cm³/mol. The van der Waals surface area contributed by atoms with Gasteiger partial charge in [0.05, 0.1) is 6.61 Å². The van der Waals surface area contributed by atoms with Crippen molar-refractivity contribution in [3.8, 4) is 11.1 Å². The second-order valence-corrected chi connectivity index (χ2v) is 12.3. The second kappa shape index (κ2) is 16.0. The SMILES string of the molecule is CC(C)C[C@H](NC(=O)[C@H](CO)NC(=O)[C@@H](NC(=O)OCC1c2ccccc2-c2ccccc21)C(C)C)C(=O)NCc1ccccc1. The molecule has 0 bridgehead atoms. The first-order chi connectivity index (χ1) is 22.1. The quantitative estimate of drug-likeness (QED) is 0.183. The number of alkyl carbamates (subject to hydrolysis) is 1.